The Morgan fingerprint density at radius 1 is 1.10 bits per heavy atom. The lowest BCUT2D eigenvalue weighted by atomic mass is 10.1. The monoisotopic (exact) mass is 449 g/mol. The number of carbonyl (C=O) groups excluding carboxylic acids is 1. The molecule has 0 saturated carbocycles. The van der Waals surface area contributed by atoms with Crippen LogP contribution in [0.3, 0.4) is 0 Å². The maximum Gasteiger partial charge on any atom is 0.434 e. The first kappa shape index (κ1) is 20.7. The molecule has 0 bridgehead atoms. The summed E-state index contributed by atoms with van der Waals surface area (Å²) >= 11 is 5.78. The maximum absolute atomic E-state index is 14.4. The number of nitrogens with zero attached hydrogens (tertiary/aromatic N) is 2. The van der Waals surface area contributed by atoms with E-state index in [9.17, 15) is 22.4 Å². The molecular weight excluding hydrogens is 438 g/mol. The van der Waals surface area contributed by atoms with Gasteiger partial charge < -0.3 is 9.73 Å². The fraction of sp³-hybridized carbons (Fsp3) is 0.0476. The van der Waals surface area contributed by atoms with Crippen LogP contribution in [0.5, 0.6) is 0 Å². The van der Waals surface area contributed by atoms with Gasteiger partial charge in [0.2, 0.25) is 0 Å². The molecule has 0 radical (unpaired) electrons. The second-order valence-corrected chi connectivity index (χ2v) is 6.86. The van der Waals surface area contributed by atoms with Crippen molar-refractivity contribution in [1.29, 1.82) is 0 Å². The van der Waals surface area contributed by atoms with Crippen molar-refractivity contribution >= 4 is 23.2 Å². The largest absolute Gasteiger partial charge is 0.464 e. The van der Waals surface area contributed by atoms with Crippen LogP contribution in [0.15, 0.2) is 71.5 Å². The van der Waals surface area contributed by atoms with E-state index in [1.54, 1.807) is 12.1 Å². The number of rotatable bonds is 4. The highest BCUT2D eigenvalue weighted by Gasteiger charge is 2.40. The zero-order valence-electron chi connectivity index (χ0n) is 15.5. The highest BCUT2D eigenvalue weighted by Crippen LogP contribution is 2.34. The summed E-state index contributed by atoms with van der Waals surface area (Å²) in [7, 11) is 0. The summed E-state index contributed by atoms with van der Waals surface area (Å²) in [6, 6.07) is 12.5. The van der Waals surface area contributed by atoms with Gasteiger partial charge in [0.25, 0.3) is 5.91 Å². The van der Waals surface area contributed by atoms with Crippen LogP contribution in [0.2, 0.25) is 5.02 Å². The van der Waals surface area contributed by atoms with E-state index in [0.29, 0.717) is 21.0 Å². The van der Waals surface area contributed by atoms with Crippen molar-refractivity contribution in [3.05, 3.63) is 89.2 Å². The Labute approximate surface area is 177 Å². The van der Waals surface area contributed by atoms with Gasteiger partial charge in [0, 0.05) is 10.6 Å². The van der Waals surface area contributed by atoms with E-state index in [1.807, 2.05) is 0 Å². The van der Waals surface area contributed by atoms with Crippen molar-refractivity contribution in [1.82, 2.24) is 9.78 Å². The van der Waals surface area contributed by atoms with Gasteiger partial charge in [-0.05, 0) is 54.6 Å². The van der Waals surface area contributed by atoms with Crippen LogP contribution in [0.4, 0.5) is 23.2 Å². The van der Waals surface area contributed by atoms with E-state index >= 15 is 0 Å². The molecule has 1 amide bonds. The summed E-state index contributed by atoms with van der Waals surface area (Å²) in [6.07, 6.45) is -2.70. The first-order valence-electron chi connectivity index (χ1n) is 8.80. The van der Waals surface area contributed by atoms with Crippen LogP contribution < -0.4 is 5.32 Å². The minimum atomic E-state index is -4.90. The van der Waals surface area contributed by atoms with Gasteiger partial charge in [-0.2, -0.15) is 18.3 Å². The molecule has 158 valence electrons. The topological polar surface area (TPSA) is 60.1 Å². The van der Waals surface area contributed by atoms with Gasteiger partial charge in [0.15, 0.2) is 5.69 Å². The molecule has 2 aromatic heterocycles. The fourth-order valence-corrected chi connectivity index (χ4v) is 3.09. The van der Waals surface area contributed by atoms with Gasteiger partial charge in [-0.3, -0.25) is 4.79 Å². The molecule has 0 unspecified atom stereocenters. The molecule has 0 spiro atoms. The number of halogens is 5. The predicted octanol–water partition coefficient (Wildman–Crippen LogP) is 6.20. The molecule has 2 heterocycles. The number of hydrogen-bond donors (Lipinski definition) is 1. The second kappa shape index (κ2) is 7.92. The summed E-state index contributed by atoms with van der Waals surface area (Å²) in [5.74, 6) is -1.58. The SMILES string of the molecule is O=C(Nc1ccc(-c2ccco2)cc1F)c1cnn(-c2ccc(Cl)cc2)c1C(F)(F)F. The van der Waals surface area contributed by atoms with Crippen molar-refractivity contribution in [3.8, 4) is 17.0 Å². The first-order chi connectivity index (χ1) is 14.7. The second-order valence-electron chi connectivity index (χ2n) is 6.42. The minimum absolute atomic E-state index is 0.0600. The smallest absolute Gasteiger partial charge is 0.434 e. The maximum atomic E-state index is 14.4. The number of aromatic nitrogens is 2. The number of anilines is 1. The van der Waals surface area contributed by atoms with E-state index in [1.165, 1.54) is 42.7 Å². The van der Waals surface area contributed by atoms with E-state index in [4.69, 9.17) is 16.0 Å². The van der Waals surface area contributed by atoms with Gasteiger partial charge in [0.05, 0.1) is 29.4 Å². The van der Waals surface area contributed by atoms with E-state index in [0.717, 1.165) is 12.3 Å². The lowest BCUT2D eigenvalue weighted by molar-refractivity contribution is -0.143. The van der Waals surface area contributed by atoms with Crippen molar-refractivity contribution < 1.29 is 26.8 Å². The zero-order valence-corrected chi connectivity index (χ0v) is 16.2. The van der Waals surface area contributed by atoms with Crippen LogP contribution in [0, 0.1) is 5.82 Å². The van der Waals surface area contributed by atoms with Crippen LogP contribution in [0.25, 0.3) is 17.0 Å². The van der Waals surface area contributed by atoms with Crippen LogP contribution >= 0.6 is 11.6 Å². The molecule has 5 nitrogen and oxygen atoms in total. The molecule has 0 aliphatic rings. The lowest BCUT2D eigenvalue weighted by Crippen LogP contribution is -2.21. The quantitative estimate of drug-likeness (QED) is 0.377. The van der Waals surface area contributed by atoms with Crippen molar-refractivity contribution in [2.24, 2.45) is 0 Å². The molecule has 1 N–H and O–H groups in total. The average molecular weight is 450 g/mol. The van der Waals surface area contributed by atoms with Gasteiger partial charge >= 0.3 is 6.18 Å². The van der Waals surface area contributed by atoms with E-state index in [-0.39, 0.29) is 11.4 Å². The summed E-state index contributed by atoms with van der Waals surface area (Å²) in [6.45, 7) is 0. The van der Waals surface area contributed by atoms with E-state index < -0.39 is 29.2 Å². The number of nitrogens with one attached hydrogen (secondary N) is 1. The lowest BCUT2D eigenvalue weighted by Gasteiger charge is -2.13. The molecule has 0 aliphatic heterocycles. The Morgan fingerprint density at radius 3 is 2.45 bits per heavy atom. The van der Waals surface area contributed by atoms with Crippen LogP contribution in [-0.4, -0.2) is 15.7 Å². The highest BCUT2D eigenvalue weighted by atomic mass is 35.5. The molecule has 0 fully saturated rings. The first-order valence-corrected chi connectivity index (χ1v) is 9.18. The third kappa shape index (κ3) is 4.17. The van der Waals surface area contributed by atoms with Crippen LogP contribution in [-0.2, 0) is 6.18 Å². The number of hydrogen-bond acceptors (Lipinski definition) is 3. The molecule has 10 heteroatoms. The number of furan rings is 1. The van der Waals surface area contributed by atoms with E-state index in [2.05, 4.69) is 10.4 Å². The molecular formula is C21H12ClF4N3O2. The molecule has 4 aromatic rings. The molecule has 31 heavy (non-hydrogen) atoms. The number of amides is 1. The molecule has 4 rings (SSSR count). The van der Waals surface area contributed by atoms with Gasteiger partial charge in [0.1, 0.15) is 11.6 Å². The number of carbonyl (C=O) groups is 1. The van der Waals surface area contributed by atoms with Crippen molar-refractivity contribution in [3.63, 3.8) is 0 Å². The average Bonchev–Trinajstić information content (AvgIpc) is 3.40. The third-order valence-corrected chi connectivity index (χ3v) is 4.63. The Bertz CT molecular complexity index is 1230. The normalized spacial score (nSPS) is 11.5. The standard InChI is InChI=1S/C21H12ClF4N3O2/c22-13-4-6-14(7-5-13)29-19(21(24,25)26)15(11-27-29)20(30)28-17-8-3-12(10-16(17)23)18-2-1-9-31-18/h1-11H,(H,28,30). The van der Waals surface area contributed by atoms with Crippen LogP contribution in [0.1, 0.15) is 16.1 Å². The fourth-order valence-electron chi connectivity index (χ4n) is 2.97. The van der Waals surface area contributed by atoms with Crippen molar-refractivity contribution in [2.45, 2.75) is 6.18 Å². The van der Waals surface area contributed by atoms with Crippen molar-refractivity contribution in [2.75, 3.05) is 5.32 Å². The molecule has 2 aromatic carbocycles. The summed E-state index contributed by atoms with van der Waals surface area (Å²) in [5.41, 5.74) is -1.86. The number of benzene rings is 2. The van der Waals surface area contributed by atoms with Gasteiger partial charge in [-0.25, -0.2) is 9.07 Å². The molecule has 0 saturated heterocycles. The third-order valence-electron chi connectivity index (χ3n) is 4.38. The predicted molar refractivity (Wildman–Crippen MR) is 106 cm³/mol. The highest BCUT2D eigenvalue weighted by molar-refractivity contribution is 6.30. The van der Waals surface area contributed by atoms with Gasteiger partial charge in [-0.1, -0.05) is 11.6 Å². The molecule has 0 atom stereocenters. The summed E-state index contributed by atoms with van der Waals surface area (Å²) < 4.78 is 61.4. The zero-order chi connectivity index (χ0) is 22.2. The molecule has 0 aliphatic carbocycles. The summed E-state index contributed by atoms with van der Waals surface area (Å²) in [4.78, 5) is 12.6. The minimum Gasteiger partial charge on any atom is -0.464 e. The Hall–Kier alpha value is -3.59. The van der Waals surface area contributed by atoms with Gasteiger partial charge in [-0.15, -0.1) is 0 Å². The number of alkyl halides is 3. The summed E-state index contributed by atoms with van der Waals surface area (Å²) in [5, 5.41) is 6.20. The Balaban J connectivity index is 1.67. The Kier molecular flexibility index (Phi) is 5.28. The Morgan fingerprint density at radius 2 is 1.84 bits per heavy atom.